The van der Waals surface area contributed by atoms with Crippen LogP contribution in [0.5, 0.6) is 0 Å². The van der Waals surface area contributed by atoms with Gasteiger partial charge >= 0.3 is 0 Å². The van der Waals surface area contributed by atoms with Crippen LogP contribution < -0.4 is 4.90 Å². The first kappa shape index (κ1) is 19.3. The van der Waals surface area contributed by atoms with Crippen LogP contribution in [0.25, 0.3) is 11.1 Å². The molecule has 1 aliphatic heterocycles. The van der Waals surface area contributed by atoms with Crippen LogP contribution in [0, 0.1) is 0 Å². The zero-order valence-corrected chi connectivity index (χ0v) is 16.8. The Kier molecular flexibility index (Phi) is 5.41. The van der Waals surface area contributed by atoms with E-state index in [1.807, 2.05) is 25.2 Å². The van der Waals surface area contributed by atoms with Gasteiger partial charge in [-0.1, -0.05) is 23.7 Å². The molecule has 1 amide bonds. The monoisotopic (exact) mass is 405 g/mol. The molecule has 0 bridgehead atoms. The molecule has 0 radical (unpaired) electrons. The Morgan fingerprint density at radius 1 is 1.07 bits per heavy atom. The van der Waals surface area contributed by atoms with Crippen molar-refractivity contribution in [2.45, 2.75) is 25.7 Å². The van der Waals surface area contributed by atoms with Gasteiger partial charge in [0.15, 0.2) is 0 Å². The van der Waals surface area contributed by atoms with Crippen molar-refractivity contribution >= 4 is 29.0 Å². The number of rotatable bonds is 5. The van der Waals surface area contributed by atoms with Crippen LogP contribution >= 0.6 is 11.6 Å². The Morgan fingerprint density at radius 2 is 1.93 bits per heavy atom. The molecule has 0 spiro atoms. The number of benzene rings is 1. The van der Waals surface area contributed by atoms with Gasteiger partial charge in [0.1, 0.15) is 10.9 Å². The number of nitrogens with zero attached hydrogens (tertiary/aromatic N) is 3. The van der Waals surface area contributed by atoms with Crippen molar-refractivity contribution < 1.29 is 9.59 Å². The van der Waals surface area contributed by atoms with Crippen molar-refractivity contribution in [2.24, 2.45) is 0 Å². The number of anilines is 1. The van der Waals surface area contributed by atoms with E-state index in [2.05, 4.69) is 16.0 Å². The van der Waals surface area contributed by atoms with Gasteiger partial charge in [-0.15, -0.1) is 0 Å². The maximum atomic E-state index is 12.5. The highest BCUT2D eigenvalue weighted by Gasteiger charge is 2.21. The van der Waals surface area contributed by atoms with E-state index >= 15 is 0 Å². The van der Waals surface area contributed by atoms with Gasteiger partial charge in [-0.2, -0.15) is 0 Å². The predicted octanol–water partition coefficient (Wildman–Crippen LogP) is 4.06. The lowest BCUT2D eigenvalue weighted by Crippen LogP contribution is -2.30. The smallest absolute Gasteiger partial charge is 0.227 e. The van der Waals surface area contributed by atoms with E-state index in [4.69, 9.17) is 11.6 Å². The van der Waals surface area contributed by atoms with Crippen LogP contribution in [0.3, 0.4) is 0 Å². The molecule has 5 nitrogen and oxygen atoms in total. The Morgan fingerprint density at radius 3 is 2.76 bits per heavy atom. The molecule has 2 aromatic heterocycles. The van der Waals surface area contributed by atoms with Crippen LogP contribution in [0.4, 0.5) is 5.69 Å². The van der Waals surface area contributed by atoms with Crippen molar-refractivity contribution in [2.75, 3.05) is 11.9 Å². The lowest BCUT2D eigenvalue weighted by atomic mass is 9.96. The summed E-state index contributed by atoms with van der Waals surface area (Å²) in [6, 6.07) is 13.4. The summed E-state index contributed by atoms with van der Waals surface area (Å²) < 4.78 is 0. The zero-order chi connectivity index (χ0) is 20.4. The van der Waals surface area contributed by atoms with Crippen molar-refractivity contribution in [1.82, 2.24) is 9.97 Å². The van der Waals surface area contributed by atoms with Crippen LogP contribution in [-0.4, -0.2) is 28.7 Å². The molecule has 0 saturated heterocycles. The number of amides is 1. The zero-order valence-electron chi connectivity index (χ0n) is 16.1. The van der Waals surface area contributed by atoms with Gasteiger partial charge in [-0.25, -0.2) is 4.98 Å². The third-order valence-corrected chi connectivity index (χ3v) is 5.31. The van der Waals surface area contributed by atoms with Crippen molar-refractivity contribution in [3.63, 3.8) is 0 Å². The van der Waals surface area contributed by atoms with Crippen LogP contribution in [0.1, 0.15) is 23.2 Å². The van der Waals surface area contributed by atoms with Crippen molar-refractivity contribution in [3.05, 3.63) is 76.8 Å². The molecule has 0 N–H and O–H groups in total. The second-order valence-corrected chi connectivity index (χ2v) is 7.61. The van der Waals surface area contributed by atoms with Gasteiger partial charge in [0, 0.05) is 55.6 Å². The van der Waals surface area contributed by atoms with Gasteiger partial charge in [-0.05, 0) is 53.4 Å². The van der Waals surface area contributed by atoms with Gasteiger partial charge in [0.05, 0.1) is 0 Å². The first-order valence-electron chi connectivity index (χ1n) is 9.46. The fourth-order valence-corrected chi connectivity index (χ4v) is 3.80. The summed E-state index contributed by atoms with van der Waals surface area (Å²) in [7, 11) is 1.81. The number of ketones is 1. The van der Waals surface area contributed by atoms with Crippen molar-refractivity contribution in [1.29, 1.82) is 0 Å². The van der Waals surface area contributed by atoms with Crippen LogP contribution in [-0.2, 0) is 28.9 Å². The fraction of sp³-hybridized carbons (Fsp3) is 0.217. The Bertz CT molecular complexity index is 1100. The topological polar surface area (TPSA) is 63.2 Å². The van der Waals surface area contributed by atoms with E-state index in [1.165, 1.54) is 0 Å². The Labute approximate surface area is 174 Å². The summed E-state index contributed by atoms with van der Waals surface area (Å²) in [6.45, 7) is 0. The number of aromatic nitrogens is 2. The van der Waals surface area contributed by atoms with Gasteiger partial charge < -0.3 is 4.90 Å². The van der Waals surface area contributed by atoms with Crippen molar-refractivity contribution in [3.8, 4) is 11.1 Å². The number of hydrogen-bond acceptors (Lipinski definition) is 4. The molecule has 3 aromatic rings. The summed E-state index contributed by atoms with van der Waals surface area (Å²) in [4.78, 5) is 34.5. The van der Waals surface area contributed by atoms with E-state index in [-0.39, 0.29) is 24.5 Å². The molecule has 0 aliphatic carbocycles. The number of aryl methyl sites for hydroxylation is 1. The highest BCUT2D eigenvalue weighted by molar-refractivity contribution is 6.29. The summed E-state index contributed by atoms with van der Waals surface area (Å²) in [6.07, 6.45) is 5.31. The van der Waals surface area contributed by atoms with E-state index in [9.17, 15) is 9.59 Å². The molecule has 0 saturated carbocycles. The van der Waals surface area contributed by atoms with Crippen LogP contribution in [0.15, 0.2) is 54.9 Å². The third-order valence-electron chi connectivity index (χ3n) is 5.10. The summed E-state index contributed by atoms with van der Waals surface area (Å²) in [5, 5.41) is 0.388. The van der Waals surface area contributed by atoms with E-state index in [1.54, 1.807) is 35.5 Å². The van der Waals surface area contributed by atoms with Gasteiger partial charge in [0.2, 0.25) is 5.91 Å². The number of halogens is 1. The molecule has 0 fully saturated rings. The van der Waals surface area contributed by atoms with Gasteiger partial charge in [0.25, 0.3) is 0 Å². The molecule has 0 atom stereocenters. The number of carbonyl (C=O) groups is 2. The quantitative estimate of drug-likeness (QED) is 0.600. The molecule has 6 heteroatoms. The summed E-state index contributed by atoms with van der Waals surface area (Å²) >= 11 is 5.89. The predicted molar refractivity (Wildman–Crippen MR) is 113 cm³/mol. The van der Waals surface area contributed by atoms with Crippen LogP contribution in [0.2, 0.25) is 5.15 Å². The number of Topliss-reactive ketones (excluding diaryl/α,β-unsaturated/α-hetero) is 1. The molecular weight excluding hydrogens is 386 g/mol. The molecule has 146 valence electrons. The average molecular weight is 406 g/mol. The maximum absolute atomic E-state index is 12.5. The SMILES string of the molecule is CN1C(=O)CCc2cc(-c3cncc(CC(=O)Cc4cccc(Cl)n4)c3)ccc21. The minimum Gasteiger partial charge on any atom is -0.315 e. The Balaban J connectivity index is 1.52. The minimum absolute atomic E-state index is 0.0595. The highest BCUT2D eigenvalue weighted by Crippen LogP contribution is 2.31. The molecule has 3 heterocycles. The fourth-order valence-electron chi connectivity index (χ4n) is 3.62. The molecule has 1 aliphatic rings. The maximum Gasteiger partial charge on any atom is 0.227 e. The normalized spacial score (nSPS) is 13.3. The molecule has 4 rings (SSSR count). The lowest BCUT2D eigenvalue weighted by molar-refractivity contribution is -0.119. The van der Waals surface area contributed by atoms with E-state index in [0.29, 0.717) is 17.3 Å². The molecule has 29 heavy (non-hydrogen) atoms. The highest BCUT2D eigenvalue weighted by atomic mass is 35.5. The second kappa shape index (κ2) is 8.13. The lowest BCUT2D eigenvalue weighted by Gasteiger charge is -2.26. The minimum atomic E-state index is 0.0595. The molecular formula is C23H20ClN3O2. The number of fused-ring (bicyclic) bond motifs is 1. The first-order chi connectivity index (χ1) is 14.0. The number of carbonyl (C=O) groups excluding carboxylic acids is 2. The molecule has 0 unspecified atom stereocenters. The molecule has 1 aromatic carbocycles. The van der Waals surface area contributed by atoms with E-state index < -0.39 is 0 Å². The average Bonchev–Trinajstić information content (AvgIpc) is 2.71. The first-order valence-corrected chi connectivity index (χ1v) is 9.84. The number of hydrogen-bond donors (Lipinski definition) is 0. The van der Waals surface area contributed by atoms with E-state index in [0.717, 1.165) is 34.4 Å². The Hall–Kier alpha value is -3.05. The standard InChI is InChI=1S/C23H20ClN3O2/c1-27-21-7-5-16(11-17(21)6-8-23(27)29)18-9-15(13-25-14-18)10-20(28)12-19-3-2-4-22(24)26-19/h2-5,7,9,11,13-14H,6,8,10,12H2,1H3. The van der Waals surface area contributed by atoms with Gasteiger partial charge in [-0.3, -0.25) is 14.6 Å². The number of pyridine rings is 2. The largest absolute Gasteiger partial charge is 0.315 e. The second-order valence-electron chi connectivity index (χ2n) is 7.22. The summed E-state index contributed by atoms with van der Waals surface area (Å²) in [5.74, 6) is 0.200. The third kappa shape index (κ3) is 4.35. The summed E-state index contributed by atoms with van der Waals surface area (Å²) in [5.41, 5.74) is 5.62.